The lowest BCUT2D eigenvalue weighted by Crippen LogP contribution is -2.15. The third kappa shape index (κ3) is 3.51. The van der Waals surface area contributed by atoms with E-state index >= 15 is 0 Å². The molecule has 5 nitrogen and oxygen atoms in total. The van der Waals surface area contributed by atoms with Gasteiger partial charge in [0.1, 0.15) is 11.4 Å². The molecule has 88 valence electrons. The summed E-state index contributed by atoms with van der Waals surface area (Å²) in [7, 11) is 0. The number of nitrogens with zero attached hydrogens (tertiary/aromatic N) is 1. The highest BCUT2D eigenvalue weighted by Gasteiger charge is 2.08. The van der Waals surface area contributed by atoms with E-state index in [0.29, 0.717) is 18.1 Å². The zero-order valence-corrected chi connectivity index (χ0v) is 9.40. The van der Waals surface area contributed by atoms with Gasteiger partial charge in [0.25, 0.3) is 0 Å². The summed E-state index contributed by atoms with van der Waals surface area (Å²) in [5.74, 6) is -0.0342. The van der Waals surface area contributed by atoms with Crippen molar-refractivity contribution in [2.75, 3.05) is 13.2 Å². The molecule has 1 heterocycles. The standard InChI is InChI=1S/C11H15NO4/c1-3-15-11(14)7-16-10-5-4-8(2)12-9(10)6-13/h4-5,13H,3,6-7H2,1-2H3. The molecule has 0 spiro atoms. The van der Waals surface area contributed by atoms with Crippen LogP contribution in [0, 0.1) is 6.92 Å². The highest BCUT2D eigenvalue weighted by Crippen LogP contribution is 2.16. The number of aromatic nitrogens is 1. The first-order valence-electron chi connectivity index (χ1n) is 5.03. The number of hydrogen-bond donors (Lipinski definition) is 1. The van der Waals surface area contributed by atoms with E-state index in [-0.39, 0.29) is 13.2 Å². The first-order valence-corrected chi connectivity index (χ1v) is 5.03. The van der Waals surface area contributed by atoms with Gasteiger partial charge in [0.15, 0.2) is 6.61 Å². The third-order valence-electron chi connectivity index (χ3n) is 1.87. The fourth-order valence-corrected chi connectivity index (χ4v) is 1.18. The summed E-state index contributed by atoms with van der Waals surface area (Å²) < 4.78 is 9.91. The average Bonchev–Trinajstić information content (AvgIpc) is 2.27. The zero-order chi connectivity index (χ0) is 12.0. The molecule has 0 saturated carbocycles. The van der Waals surface area contributed by atoms with Crippen LogP contribution < -0.4 is 4.74 Å². The fraction of sp³-hybridized carbons (Fsp3) is 0.455. The van der Waals surface area contributed by atoms with E-state index in [1.165, 1.54) is 0 Å². The molecule has 0 atom stereocenters. The van der Waals surface area contributed by atoms with Crippen LogP contribution in [-0.4, -0.2) is 29.3 Å². The van der Waals surface area contributed by atoms with E-state index in [9.17, 15) is 4.79 Å². The van der Waals surface area contributed by atoms with Crippen molar-refractivity contribution in [1.29, 1.82) is 0 Å². The van der Waals surface area contributed by atoms with Crippen LogP contribution in [0.1, 0.15) is 18.3 Å². The highest BCUT2D eigenvalue weighted by molar-refractivity contribution is 5.71. The minimum Gasteiger partial charge on any atom is -0.480 e. The number of rotatable bonds is 5. The normalized spacial score (nSPS) is 9.94. The molecule has 0 aliphatic heterocycles. The van der Waals surface area contributed by atoms with Crippen molar-refractivity contribution in [2.45, 2.75) is 20.5 Å². The monoisotopic (exact) mass is 225 g/mol. The molecule has 5 heteroatoms. The van der Waals surface area contributed by atoms with E-state index in [1.807, 2.05) is 6.92 Å². The molecule has 0 fully saturated rings. The molecule has 0 saturated heterocycles. The molecule has 0 aliphatic carbocycles. The first kappa shape index (κ1) is 12.4. The molecular formula is C11H15NO4. The van der Waals surface area contributed by atoms with Crippen LogP contribution in [0.5, 0.6) is 5.75 Å². The Balaban J connectivity index is 2.63. The number of ether oxygens (including phenoxy) is 2. The first-order chi connectivity index (χ1) is 7.67. The number of esters is 1. The van der Waals surface area contributed by atoms with Gasteiger partial charge >= 0.3 is 5.97 Å². The highest BCUT2D eigenvalue weighted by atomic mass is 16.6. The summed E-state index contributed by atoms with van der Waals surface area (Å²) in [5, 5.41) is 9.05. The van der Waals surface area contributed by atoms with Crippen LogP contribution in [0.25, 0.3) is 0 Å². The summed E-state index contributed by atoms with van der Waals surface area (Å²) in [6.07, 6.45) is 0. The lowest BCUT2D eigenvalue weighted by Gasteiger charge is -2.09. The van der Waals surface area contributed by atoms with Crippen LogP contribution in [0.4, 0.5) is 0 Å². The third-order valence-corrected chi connectivity index (χ3v) is 1.87. The summed E-state index contributed by atoms with van der Waals surface area (Å²) >= 11 is 0. The van der Waals surface area contributed by atoms with Crippen molar-refractivity contribution in [3.8, 4) is 5.75 Å². The largest absolute Gasteiger partial charge is 0.480 e. The van der Waals surface area contributed by atoms with Crippen molar-refractivity contribution in [3.63, 3.8) is 0 Å². The van der Waals surface area contributed by atoms with Gasteiger partial charge in [0.05, 0.1) is 13.2 Å². The molecule has 0 bridgehead atoms. The summed E-state index contributed by atoms with van der Waals surface area (Å²) in [4.78, 5) is 15.1. The predicted molar refractivity (Wildman–Crippen MR) is 57.0 cm³/mol. The number of aryl methyl sites for hydroxylation is 1. The number of aliphatic hydroxyl groups excluding tert-OH is 1. The van der Waals surface area contributed by atoms with Gasteiger partial charge in [-0.15, -0.1) is 0 Å². The van der Waals surface area contributed by atoms with Crippen LogP contribution in [0.15, 0.2) is 12.1 Å². The SMILES string of the molecule is CCOC(=O)COc1ccc(C)nc1CO. The molecule has 1 rings (SSSR count). The van der Waals surface area contributed by atoms with Crippen molar-refractivity contribution < 1.29 is 19.4 Å². The molecule has 16 heavy (non-hydrogen) atoms. The second-order valence-corrected chi connectivity index (χ2v) is 3.15. The van der Waals surface area contributed by atoms with E-state index in [4.69, 9.17) is 14.6 Å². The molecule has 0 radical (unpaired) electrons. The van der Waals surface area contributed by atoms with Crippen LogP contribution in [0.3, 0.4) is 0 Å². The predicted octanol–water partition coefficient (Wildman–Crippen LogP) is 0.824. The Kier molecular flexibility index (Phi) is 4.72. The maximum absolute atomic E-state index is 11.1. The van der Waals surface area contributed by atoms with Gasteiger partial charge in [0, 0.05) is 5.69 Å². The Hall–Kier alpha value is -1.62. The maximum Gasteiger partial charge on any atom is 0.344 e. The quantitative estimate of drug-likeness (QED) is 0.751. The van der Waals surface area contributed by atoms with Crippen molar-refractivity contribution in [1.82, 2.24) is 4.98 Å². The Labute approximate surface area is 94.0 Å². The van der Waals surface area contributed by atoms with Gasteiger partial charge in [0.2, 0.25) is 0 Å². The van der Waals surface area contributed by atoms with Gasteiger partial charge in [-0.1, -0.05) is 0 Å². The van der Waals surface area contributed by atoms with Crippen molar-refractivity contribution in [2.24, 2.45) is 0 Å². The number of carbonyl (C=O) groups excluding carboxylic acids is 1. The molecule has 0 aromatic carbocycles. The van der Waals surface area contributed by atoms with Crippen LogP contribution >= 0.6 is 0 Å². The molecule has 0 unspecified atom stereocenters. The Morgan fingerprint density at radius 2 is 2.25 bits per heavy atom. The Morgan fingerprint density at radius 1 is 1.50 bits per heavy atom. The smallest absolute Gasteiger partial charge is 0.344 e. The minimum atomic E-state index is -0.438. The molecule has 0 amide bonds. The van der Waals surface area contributed by atoms with Gasteiger partial charge in [-0.3, -0.25) is 4.98 Å². The lowest BCUT2D eigenvalue weighted by molar-refractivity contribution is -0.145. The Bertz CT molecular complexity index is 365. The zero-order valence-electron chi connectivity index (χ0n) is 9.40. The van der Waals surface area contributed by atoms with Gasteiger partial charge in [-0.2, -0.15) is 0 Å². The van der Waals surface area contributed by atoms with E-state index in [0.717, 1.165) is 5.69 Å². The number of hydrogen-bond acceptors (Lipinski definition) is 5. The van der Waals surface area contributed by atoms with Gasteiger partial charge in [-0.25, -0.2) is 4.79 Å². The van der Waals surface area contributed by atoms with Gasteiger partial charge in [-0.05, 0) is 26.0 Å². The van der Waals surface area contributed by atoms with Crippen molar-refractivity contribution >= 4 is 5.97 Å². The summed E-state index contributed by atoms with van der Waals surface area (Å²) in [5.41, 5.74) is 1.21. The molecular weight excluding hydrogens is 210 g/mol. The molecule has 0 aliphatic rings. The Morgan fingerprint density at radius 3 is 2.88 bits per heavy atom. The summed E-state index contributed by atoms with van der Waals surface area (Å²) in [6.45, 7) is 3.46. The summed E-state index contributed by atoms with van der Waals surface area (Å²) in [6, 6.07) is 3.42. The van der Waals surface area contributed by atoms with E-state index < -0.39 is 5.97 Å². The second-order valence-electron chi connectivity index (χ2n) is 3.15. The number of aliphatic hydroxyl groups is 1. The lowest BCUT2D eigenvalue weighted by atomic mass is 10.3. The minimum absolute atomic E-state index is 0.175. The van der Waals surface area contributed by atoms with Crippen LogP contribution in [0.2, 0.25) is 0 Å². The topological polar surface area (TPSA) is 68.7 Å². The molecule has 1 N–H and O–H groups in total. The average molecular weight is 225 g/mol. The van der Waals surface area contributed by atoms with E-state index in [1.54, 1.807) is 19.1 Å². The van der Waals surface area contributed by atoms with Crippen LogP contribution in [-0.2, 0) is 16.1 Å². The second kappa shape index (κ2) is 6.07. The van der Waals surface area contributed by atoms with Crippen molar-refractivity contribution in [3.05, 3.63) is 23.5 Å². The number of pyridine rings is 1. The molecule has 1 aromatic rings. The molecule has 1 aromatic heterocycles. The fourth-order valence-electron chi connectivity index (χ4n) is 1.18. The number of carbonyl (C=O) groups is 1. The van der Waals surface area contributed by atoms with E-state index in [2.05, 4.69) is 4.98 Å². The maximum atomic E-state index is 11.1. The van der Waals surface area contributed by atoms with Gasteiger partial charge < -0.3 is 14.6 Å².